The maximum Gasteiger partial charge on any atom is 0.0774 e. The molecule has 0 spiro atoms. The summed E-state index contributed by atoms with van der Waals surface area (Å²) >= 11 is 0. The highest BCUT2D eigenvalue weighted by Gasteiger charge is 2.35. The maximum atomic E-state index is 10.5. The molecule has 0 amide bonds. The summed E-state index contributed by atoms with van der Waals surface area (Å²) in [6.45, 7) is 3.69. The molecule has 1 unspecified atom stereocenters. The Kier molecular flexibility index (Phi) is 4.11. The molecule has 17 heavy (non-hydrogen) atoms. The van der Waals surface area contributed by atoms with Gasteiger partial charge in [-0.3, -0.25) is 0 Å². The number of likely N-dealkylation sites (N-methyl/N-ethyl adjacent to an activating group) is 1. The van der Waals surface area contributed by atoms with E-state index in [0.29, 0.717) is 19.0 Å². The standard InChI is InChI=1S/C14H27NO2/c1-11-5-7-14(17,8-6-11)10-15(2)9-13(16)12-3-4-12/h11-13,16-17H,3-10H2,1-2H3. The third-order valence-corrected chi connectivity index (χ3v) is 4.43. The predicted octanol–water partition coefficient (Wildman–Crippen LogP) is 1.63. The van der Waals surface area contributed by atoms with Crippen LogP contribution in [0.3, 0.4) is 0 Å². The molecule has 1 atom stereocenters. The molecule has 0 aromatic rings. The Hall–Kier alpha value is -0.120. The Balaban J connectivity index is 1.74. The van der Waals surface area contributed by atoms with E-state index in [4.69, 9.17) is 0 Å². The van der Waals surface area contributed by atoms with Gasteiger partial charge < -0.3 is 15.1 Å². The summed E-state index contributed by atoms with van der Waals surface area (Å²) in [5, 5.41) is 20.4. The molecule has 0 aromatic heterocycles. The zero-order valence-electron chi connectivity index (χ0n) is 11.2. The first-order valence-electron chi connectivity index (χ1n) is 7.07. The van der Waals surface area contributed by atoms with Gasteiger partial charge in [-0.25, -0.2) is 0 Å². The first kappa shape index (κ1) is 13.3. The van der Waals surface area contributed by atoms with Crippen LogP contribution in [0.5, 0.6) is 0 Å². The van der Waals surface area contributed by atoms with Crippen molar-refractivity contribution in [2.75, 3.05) is 20.1 Å². The van der Waals surface area contributed by atoms with E-state index < -0.39 is 5.60 Å². The molecule has 2 fully saturated rings. The van der Waals surface area contributed by atoms with Gasteiger partial charge in [-0.05, 0) is 57.4 Å². The van der Waals surface area contributed by atoms with E-state index in [1.165, 1.54) is 12.8 Å². The van der Waals surface area contributed by atoms with E-state index >= 15 is 0 Å². The average Bonchev–Trinajstić information content (AvgIpc) is 3.06. The lowest BCUT2D eigenvalue weighted by atomic mass is 9.79. The Labute approximate surface area is 105 Å². The molecule has 3 nitrogen and oxygen atoms in total. The van der Waals surface area contributed by atoms with Gasteiger partial charge >= 0.3 is 0 Å². The fourth-order valence-corrected chi connectivity index (χ4v) is 2.97. The molecular formula is C14H27NO2. The minimum absolute atomic E-state index is 0.189. The molecule has 2 saturated carbocycles. The number of hydrogen-bond acceptors (Lipinski definition) is 3. The highest BCUT2D eigenvalue weighted by Crippen LogP contribution is 2.34. The fraction of sp³-hybridized carbons (Fsp3) is 1.00. The Morgan fingerprint density at radius 2 is 1.82 bits per heavy atom. The summed E-state index contributed by atoms with van der Waals surface area (Å²) in [6.07, 6.45) is 6.26. The molecule has 0 aliphatic heterocycles. The van der Waals surface area contributed by atoms with E-state index in [0.717, 1.165) is 31.6 Å². The first-order chi connectivity index (χ1) is 7.98. The van der Waals surface area contributed by atoms with Crippen molar-refractivity contribution in [1.29, 1.82) is 0 Å². The van der Waals surface area contributed by atoms with Crippen LogP contribution in [-0.4, -0.2) is 47.0 Å². The zero-order chi connectivity index (χ0) is 12.5. The first-order valence-corrected chi connectivity index (χ1v) is 7.07. The van der Waals surface area contributed by atoms with Gasteiger partial charge in [-0.2, -0.15) is 0 Å². The minimum atomic E-state index is -0.509. The number of nitrogens with zero attached hydrogens (tertiary/aromatic N) is 1. The summed E-state index contributed by atoms with van der Waals surface area (Å²) in [5.74, 6) is 1.29. The van der Waals surface area contributed by atoms with Crippen LogP contribution in [0.15, 0.2) is 0 Å². The molecular weight excluding hydrogens is 214 g/mol. The Morgan fingerprint density at radius 3 is 2.35 bits per heavy atom. The predicted molar refractivity (Wildman–Crippen MR) is 68.8 cm³/mol. The summed E-state index contributed by atoms with van der Waals surface area (Å²) < 4.78 is 0. The Morgan fingerprint density at radius 1 is 1.24 bits per heavy atom. The van der Waals surface area contributed by atoms with Crippen molar-refractivity contribution < 1.29 is 10.2 Å². The Bertz CT molecular complexity index is 245. The summed E-state index contributed by atoms with van der Waals surface area (Å²) in [6, 6.07) is 0. The lowest BCUT2D eigenvalue weighted by Crippen LogP contribution is -2.46. The normalized spacial score (nSPS) is 36.2. The van der Waals surface area contributed by atoms with Crippen LogP contribution in [0.2, 0.25) is 0 Å². The van der Waals surface area contributed by atoms with Crippen molar-refractivity contribution in [3.63, 3.8) is 0 Å². The minimum Gasteiger partial charge on any atom is -0.392 e. The molecule has 2 aliphatic rings. The molecule has 2 rings (SSSR count). The quantitative estimate of drug-likeness (QED) is 0.769. The lowest BCUT2D eigenvalue weighted by molar-refractivity contribution is -0.0374. The van der Waals surface area contributed by atoms with E-state index in [1.807, 2.05) is 7.05 Å². The highest BCUT2D eigenvalue weighted by molar-refractivity contribution is 4.88. The van der Waals surface area contributed by atoms with Crippen LogP contribution in [0.4, 0.5) is 0 Å². The number of rotatable bonds is 5. The molecule has 0 aromatic carbocycles. The molecule has 3 heteroatoms. The monoisotopic (exact) mass is 241 g/mol. The van der Waals surface area contributed by atoms with Gasteiger partial charge in [0.25, 0.3) is 0 Å². The van der Waals surface area contributed by atoms with Gasteiger partial charge in [0, 0.05) is 13.1 Å². The molecule has 0 heterocycles. The third-order valence-electron chi connectivity index (χ3n) is 4.43. The summed E-state index contributed by atoms with van der Waals surface area (Å²) in [7, 11) is 2.02. The third kappa shape index (κ3) is 3.94. The van der Waals surface area contributed by atoms with Gasteiger partial charge in [0.2, 0.25) is 0 Å². The zero-order valence-corrected chi connectivity index (χ0v) is 11.2. The van der Waals surface area contributed by atoms with Crippen LogP contribution in [0, 0.1) is 11.8 Å². The van der Waals surface area contributed by atoms with Crippen molar-refractivity contribution >= 4 is 0 Å². The van der Waals surface area contributed by atoms with Crippen molar-refractivity contribution in [1.82, 2.24) is 4.90 Å². The largest absolute Gasteiger partial charge is 0.392 e. The molecule has 0 radical (unpaired) electrons. The van der Waals surface area contributed by atoms with Crippen LogP contribution < -0.4 is 0 Å². The number of hydrogen-bond donors (Lipinski definition) is 2. The number of aliphatic hydroxyl groups excluding tert-OH is 1. The van der Waals surface area contributed by atoms with Gasteiger partial charge in [-0.15, -0.1) is 0 Å². The van der Waals surface area contributed by atoms with Crippen molar-refractivity contribution in [3.05, 3.63) is 0 Å². The van der Waals surface area contributed by atoms with Crippen LogP contribution in [0.1, 0.15) is 45.4 Å². The molecule has 2 aliphatic carbocycles. The molecule has 100 valence electrons. The van der Waals surface area contributed by atoms with Crippen molar-refractivity contribution in [3.8, 4) is 0 Å². The van der Waals surface area contributed by atoms with Crippen LogP contribution in [-0.2, 0) is 0 Å². The SMILES string of the molecule is CC1CCC(O)(CN(C)CC(O)C2CC2)CC1. The van der Waals surface area contributed by atoms with Gasteiger partial charge in [-0.1, -0.05) is 6.92 Å². The summed E-state index contributed by atoms with van der Waals surface area (Å²) in [5.41, 5.74) is -0.509. The van der Waals surface area contributed by atoms with Crippen molar-refractivity contribution in [2.24, 2.45) is 11.8 Å². The summed E-state index contributed by atoms with van der Waals surface area (Å²) in [4.78, 5) is 2.11. The lowest BCUT2D eigenvalue weighted by Gasteiger charge is -2.38. The molecule has 0 saturated heterocycles. The van der Waals surface area contributed by atoms with Crippen LogP contribution >= 0.6 is 0 Å². The van der Waals surface area contributed by atoms with E-state index in [1.54, 1.807) is 0 Å². The fourth-order valence-electron chi connectivity index (χ4n) is 2.97. The molecule has 0 bridgehead atoms. The van der Waals surface area contributed by atoms with Crippen molar-refractivity contribution in [2.45, 2.75) is 57.2 Å². The smallest absolute Gasteiger partial charge is 0.0774 e. The second-order valence-electron chi connectivity index (χ2n) is 6.51. The van der Waals surface area contributed by atoms with E-state index in [2.05, 4.69) is 11.8 Å². The van der Waals surface area contributed by atoms with Gasteiger partial charge in [0.05, 0.1) is 11.7 Å². The topological polar surface area (TPSA) is 43.7 Å². The second-order valence-corrected chi connectivity index (χ2v) is 6.51. The van der Waals surface area contributed by atoms with Crippen LogP contribution in [0.25, 0.3) is 0 Å². The maximum absolute atomic E-state index is 10.5. The highest BCUT2D eigenvalue weighted by atomic mass is 16.3. The van der Waals surface area contributed by atoms with E-state index in [9.17, 15) is 10.2 Å². The number of aliphatic hydroxyl groups is 2. The average molecular weight is 241 g/mol. The van der Waals surface area contributed by atoms with E-state index in [-0.39, 0.29) is 6.10 Å². The van der Waals surface area contributed by atoms with Gasteiger partial charge in [0.15, 0.2) is 0 Å². The van der Waals surface area contributed by atoms with Gasteiger partial charge in [0.1, 0.15) is 0 Å². The second kappa shape index (κ2) is 5.25. The molecule has 2 N–H and O–H groups in total.